The SMILES string of the molecule is CCCCC(CCCC)N(Cc1ccc(OC)cc1OC)C(=O)CCC. The second-order valence-electron chi connectivity index (χ2n) is 6.89. The molecule has 0 unspecified atom stereocenters. The Morgan fingerprint density at radius 3 is 2.15 bits per heavy atom. The number of unbranched alkanes of at least 4 members (excludes halogenated alkanes) is 2. The molecular weight excluding hydrogens is 326 g/mol. The normalized spacial score (nSPS) is 10.8. The van der Waals surface area contributed by atoms with Crippen LogP contribution in [-0.2, 0) is 11.3 Å². The molecule has 0 bridgehead atoms. The Hall–Kier alpha value is -1.71. The zero-order valence-corrected chi connectivity index (χ0v) is 17.3. The molecule has 0 radical (unpaired) electrons. The maximum atomic E-state index is 12.9. The van der Waals surface area contributed by atoms with Gasteiger partial charge in [-0.2, -0.15) is 0 Å². The molecule has 0 spiro atoms. The van der Waals surface area contributed by atoms with E-state index in [1.54, 1.807) is 14.2 Å². The van der Waals surface area contributed by atoms with Crippen molar-refractivity contribution in [2.75, 3.05) is 14.2 Å². The van der Waals surface area contributed by atoms with E-state index >= 15 is 0 Å². The molecule has 0 saturated heterocycles. The van der Waals surface area contributed by atoms with Crippen molar-refractivity contribution in [2.24, 2.45) is 0 Å². The minimum Gasteiger partial charge on any atom is -0.497 e. The Balaban J connectivity index is 3.09. The number of nitrogens with zero attached hydrogens (tertiary/aromatic N) is 1. The summed E-state index contributed by atoms with van der Waals surface area (Å²) in [7, 11) is 3.32. The van der Waals surface area contributed by atoms with Crippen LogP contribution in [0.25, 0.3) is 0 Å². The highest BCUT2D eigenvalue weighted by atomic mass is 16.5. The number of hydrogen-bond acceptors (Lipinski definition) is 3. The number of ether oxygens (including phenoxy) is 2. The molecule has 148 valence electrons. The van der Waals surface area contributed by atoms with Crippen LogP contribution in [0.15, 0.2) is 18.2 Å². The molecule has 4 heteroatoms. The molecular formula is C22H37NO3. The van der Waals surface area contributed by atoms with Crippen molar-refractivity contribution in [1.82, 2.24) is 4.90 Å². The van der Waals surface area contributed by atoms with Gasteiger partial charge in [0.2, 0.25) is 5.91 Å². The number of carbonyl (C=O) groups excluding carboxylic acids is 1. The third kappa shape index (κ3) is 6.89. The summed E-state index contributed by atoms with van der Waals surface area (Å²) in [5, 5.41) is 0. The van der Waals surface area contributed by atoms with Gasteiger partial charge in [-0.25, -0.2) is 0 Å². The summed E-state index contributed by atoms with van der Waals surface area (Å²) in [6.45, 7) is 7.09. The average molecular weight is 364 g/mol. The van der Waals surface area contributed by atoms with Crippen molar-refractivity contribution in [3.8, 4) is 11.5 Å². The van der Waals surface area contributed by atoms with Gasteiger partial charge in [-0.1, -0.05) is 46.5 Å². The van der Waals surface area contributed by atoms with E-state index < -0.39 is 0 Å². The number of amides is 1. The zero-order valence-electron chi connectivity index (χ0n) is 17.3. The summed E-state index contributed by atoms with van der Waals surface area (Å²) in [4.78, 5) is 15.0. The van der Waals surface area contributed by atoms with Crippen molar-refractivity contribution in [2.45, 2.75) is 84.7 Å². The van der Waals surface area contributed by atoms with E-state index in [0.29, 0.717) is 19.0 Å². The Labute approximate surface area is 159 Å². The van der Waals surface area contributed by atoms with E-state index in [2.05, 4.69) is 25.7 Å². The first-order chi connectivity index (χ1) is 12.6. The van der Waals surface area contributed by atoms with E-state index in [4.69, 9.17) is 9.47 Å². The monoisotopic (exact) mass is 363 g/mol. The first-order valence-electron chi connectivity index (χ1n) is 10.1. The van der Waals surface area contributed by atoms with Gasteiger partial charge in [-0.3, -0.25) is 4.79 Å². The first kappa shape index (κ1) is 22.3. The topological polar surface area (TPSA) is 38.8 Å². The second kappa shape index (κ2) is 12.6. The number of benzene rings is 1. The van der Waals surface area contributed by atoms with Gasteiger partial charge >= 0.3 is 0 Å². The summed E-state index contributed by atoms with van der Waals surface area (Å²) >= 11 is 0. The molecule has 0 aromatic heterocycles. The Morgan fingerprint density at radius 2 is 1.65 bits per heavy atom. The van der Waals surface area contributed by atoms with Crippen molar-refractivity contribution < 1.29 is 14.3 Å². The van der Waals surface area contributed by atoms with Gasteiger partial charge < -0.3 is 14.4 Å². The molecule has 0 aliphatic heterocycles. The van der Waals surface area contributed by atoms with E-state index in [0.717, 1.165) is 62.0 Å². The van der Waals surface area contributed by atoms with Gasteiger partial charge in [0, 0.05) is 30.6 Å². The number of carbonyl (C=O) groups is 1. The second-order valence-corrected chi connectivity index (χ2v) is 6.89. The lowest BCUT2D eigenvalue weighted by Gasteiger charge is -2.33. The van der Waals surface area contributed by atoms with E-state index in [1.165, 1.54) is 0 Å². The fourth-order valence-electron chi connectivity index (χ4n) is 3.28. The highest BCUT2D eigenvalue weighted by molar-refractivity contribution is 5.76. The standard InChI is InChI=1S/C22H37NO3/c1-6-9-12-19(13-10-7-2)23(22(24)11-8-3)17-18-14-15-20(25-4)16-21(18)26-5/h14-16,19H,6-13,17H2,1-5H3. The van der Waals surface area contributed by atoms with Gasteiger partial charge in [0.15, 0.2) is 0 Å². The third-order valence-corrected chi connectivity index (χ3v) is 4.84. The van der Waals surface area contributed by atoms with E-state index in [9.17, 15) is 4.79 Å². The summed E-state index contributed by atoms with van der Waals surface area (Å²) in [6.07, 6.45) is 8.26. The molecule has 4 nitrogen and oxygen atoms in total. The van der Waals surface area contributed by atoms with Gasteiger partial charge in [0.25, 0.3) is 0 Å². The van der Waals surface area contributed by atoms with E-state index in [1.807, 2.05) is 18.2 Å². The minimum atomic E-state index is 0.252. The minimum absolute atomic E-state index is 0.252. The largest absolute Gasteiger partial charge is 0.497 e. The Kier molecular flexibility index (Phi) is 10.8. The molecule has 26 heavy (non-hydrogen) atoms. The van der Waals surface area contributed by atoms with Gasteiger partial charge in [0.05, 0.1) is 14.2 Å². The van der Waals surface area contributed by atoms with Crippen LogP contribution in [0.5, 0.6) is 11.5 Å². The van der Waals surface area contributed by atoms with Crippen LogP contribution in [0.2, 0.25) is 0 Å². The predicted molar refractivity (Wildman–Crippen MR) is 108 cm³/mol. The van der Waals surface area contributed by atoms with Gasteiger partial charge in [0.1, 0.15) is 11.5 Å². The fraction of sp³-hybridized carbons (Fsp3) is 0.682. The van der Waals surface area contributed by atoms with Crippen molar-refractivity contribution in [3.63, 3.8) is 0 Å². The Bertz CT molecular complexity index is 522. The number of methoxy groups -OCH3 is 2. The average Bonchev–Trinajstić information content (AvgIpc) is 2.66. The van der Waals surface area contributed by atoms with Crippen LogP contribution >= 0.6 is 0 Å². The maximum Gasteiger partial charge on any atom is 0.223 e. The quantitative estimate of drug-likeness (QED) is 0.459. The smallest absolute Gasteiger partial charge is 0.223 e. The van der Waals surface area contributed by atoms with Crippen LogP contribution in [0.1, 0.15) is 77.7 Å². The van der Waals surface area contributed by atoms with Crippen LogP contribution in [0.3, 0.4) is 0 Å². The molecule has 0 fully saturated rings. The molecule has 1 amide bonds. The summed E-state index contributed by atoms with van der Waals surface area (Å²) in [5.41, 5.74) is 1.04. The van der Waals surface area contributed by atoms with Crippen molar-refractivity contribution in [3.05, 3.63) is 23.8 Å². The molecule has 1 aromatic carbocycles. The highest BCUT2D eigenvalue weighted by Crippen LogP contribution is 2.28. The van der Waals surface area contributed by atoms with Crippen LogP contribution < -0.4 is 9.47 Å². The molecule has 0 aliphatic rings. The summed E-state index contributed by atoms with van der Waals surface area (Å²) in [5.74, 6) is 1.80. The number of hydrogen-bond donors (Lipinski definition) is 0. The lowest BCUT2D eigenvalue weighted by Crippen LogP contribution is -2.40. The van der Waals surface area contributed by atoms with Crippen molar-refractivity contribution >= 4 is 5.91 Å². The van der Waals surface area contributed by atoms with Crippen LogP contribution in [0.4, 0.5) is 0 Å². The third-order valence-electron chi connectivity index (χ3n) is 4.84. The summed E-state index contributed by atoms with van der Waals surface area (Å²) in [6, 6.07) is 6.15. The number of rotatable bonds is 13. The molecule has 0 aliphatic carbocycles. The molecule has 0 heterocycles. The van der Waals surface area contributed by atoms with Crippen LogP contribution in [-0.4, -0.2) is 31.1 Å². The van der Waals surface area contributed by atoms with Gasteiger partial charge in [-0.05, 0) is 31.4 Å². The Morgan fingerprint density at radius 1 is 1.00 bits per heavy atom. The van der Waals surface area contributed by atoms with E-state index in [-0.39, 0.29) is 5.91 Å². The van der Waals surface area contributed by atoms with Crippen molar-refractivity contribution in [1.29, 1.82) is 0 Å². The summed E-state index contributed by atoms with van der Waals surface area (Å²) < 4.78 is 10.8. The molecule has 0 saturated carbocycles. The molecule has 0 atom stereocenters. The fourth-order valence-corrected chi connectivity index (χ4v) is 3.28. The molecule has 1 rings (SSSR count). The molecule has 0 N–H and O–H groups in total. The predicted octanol–water partition coefficient (Wildman–Crippen LogP) is 5.58. The lowest BCUT2D eigenvalue weighted by molar-refractivity contribution is -0.134. The highest BCUT2D eigenvalue weighted by Gasteiger charge is 2.24. The lowest BCUT2D eigenvalue weighted by atomic mass is 10.00. The first-order valence-corrected chi connectivity index (χ1v) is 10.1. The van der Waals surface area contributed by atoms with Gasteiger partial charge in [-0.15, -0.1) is 0 Å². The zero-order chi connectivity index (χ0) is 19.4. The maximum absolute atomic E-state index is 12.9. The molecule has 1 aromatic rings. The van der Waals surface area contributed by atoms with Crippen LogP contribution in [0, 0.1) is 0 Å².